The molecule has 2 saturated heterocycles. The molecule has 0 aliphatic carbocycles. The zero-order chi connectivity index (χ0) is 13.7. The number of halogens is 1. The SMILES string of the molecule is CC(C)CCOC1CCN(C(=O)C2COCCN2)C1.Cl. The zero-order valence-corrected chi connectivity index (χ0v) is 13.3. The normalized spacial score (nSPS) is 26.6. The smallest absolute Gasteiger partial charge is 0.242 e. The highest BCUT2D eigenvalue weighted by Gasteiger charge is 2.32. The number of hydrogen-bond donors (Lipinski definition) is 1. The average Bonchev–Trinajstić information content (AvgIpc) is 2.87. The van der Waals surface area contributed by atoms with Gasteiger partial charge in [-0.3, -0.25) is 4.79 Å². The van der Waals surface area contributed by atoms with Crippen LogP contribution in [0.2, 0.25) is 0 Å². The lowest BCUT2D eigenvalue weighted by atomic mass is 10.1. The molecule has 118 valence electrons. The van der Waals surface area contributed by atoms with Crippen molar-refractivity contribution in [2.24, 2.45) is 5.92 Å². The molecule has 1 N–H and O–H groups in total. The largest absolute Gasteiger partial charge is 0.378 e. The van der Waals surface area contributed by atoms with Gasteiger partial charge in [0.25, 0.3) is 0 Å². The Balaban J connectivity index is 0.00000200. The number of nitrogens with one attached hydrogen (secondary N) is 1. The summed E-state index contributed by atoms with van der Waals surface area (Å²) in [5.74, 6) is 0.831. The van der Waals surface area contributed by atoms with Crippen molar-refractivity contribution >= 4 is 18.3 Å². The molecule has 2 fully saturated rings. The minimum Gasteiger partial charge on any atom is -0.378 e. The lowest BCUT2D eigenvalue weighted by Crippen LogP contribution is -2.52. The number of morpholine rings is 1. The van der Waals surface area contributed by atoms with Gasteiger partial charge in [-0.25, -0.2) is 0 Å². The molecule has 1 amide bonds. The molecule has 0 saturated carbocycles. The van der Waals surface area contributed by atoms with E-state index >= 15 is 0 Å². The number of likely N-dealkylation sites (tertiary alicyclic amines) is 1. The van der Waals surface area contributed by atoms with E-state index in [1.807, 2.05) is 4.90 Å². The minimum atomic E-state index is -0.164. The van der Waals surface area contributed by atoms with E-state index in [0.717, 1.165) is 39.1 Å². The van der Waals surface area contributed by atoms with Gasteiger partial charge >= 0.3 is 0 Å². The third-order valence-electron chi connectivity index (χ3n) is 3.73. The molecule has 2 aliphatic rings. The van der Waals surface area contributed by atoms with Gasteiger partial charge in [0.05, 0.1) is 19.3 Å². The fraction of sp³-hybridized carbons (Fsp3) is 0.929. The maximum absolute atomic E-state index is 12.3. The Kier molecular flexibility index (Phi) is 7.80. The third kappa shape index (κ3) is 5.20. The fourth-order valence-electron chi connectivity index (χ4n) is 2.48. The van der Waals surface area contributed by atoms with Crippen LogP contribution in [0.1, 0.15) is 26.7 Å². The molecule has 2 atom stereocenters. The maximum atomic E-state index is 12.3. The van der Waals surface area contributed by atoms with E-state index in [1.165, 1.54) is 0 Å². The zero-order valence-electron chi connectivity index (χ0n) is 12.5. The molecule has 2 heterocycles. The summed E-state index contributed by atoms with van der Waals surface area (Å²) < 4.78 is 11.2. The number of carbonyl (C=O) groups is 1. The van der Waals surface area contributed by atoms with Gasteiger partial charge in [-0.1, -0.05) is 13.8 Å². The molecule has 20 heavy (non-hydrogen) atoms. The topological polar surface area (TPSA) is 50.8 Å². The maximum Gasteiger partial charge on any atom is 0.242 e. The van der Waals surface area contributed by atoms with E-state index in [-0.39, 0.29) is 30.5 Å². The molecule has 0 aromatic heterocycles. The predicted molar refractivity (Wildman–Crippen MR) is 80.2 cm³/mol. The van der Waals surface area contributed by atoms with Crippen LogP contribution >= 0.6 is 12.4 Å². The number of carbonyl (C=O) groups excluding carboxylic acids is 1. The van der Waals surface area contributed by atoms with Crippen molar-refractivity contribution in [1.82, 2.24) is 10.2 Å². The van der Waals surface area contributed by atoms with Gasteiger partial charge < -0.3 is 19.7 Å². The summed E-state index contributed by atoms with van der Waals surface area (Å²) in [5.41, 5.74) is 0. The Morgan fingerprint density at radius 1 is 1.50 bits per heavy atom. The second-order valence-electron chi connectivity index (χ2n) is 5.83. The third-order valence-corrected chi connectivity index (χ3v) is 3.73. The average molecular weight is 307 g/mol. The van der Waals surface area contributed by atoms with E-state index in [9.17, 15) is 4.79 Å². The van der Waals surface area contributed by atoms with E-state index in [4.69, 9.17) is 9.47 Å². The van der Waals surface area contributed by atoms with Gasteiger partial charge in [0.15, 0.2) is 0 Å². The van der Waals surface area contributed by atoms with E-state index in [0.29, 0.717) is 19.1 Å². The van der Waals surface area contributed by atoms with Crippen molar-refractivity contribution in [1.29, 1.82) is 0 Å². The summed E-state index contributed by atoms with van der Waals surface area (Å²) >= 11 is 0. The second kappa shape index (κ2) is 8.82. The van der Waals surface area contributed by atoms with Crippen LogP contribution in [-0.2, 0) is 14.3 Å². The van der Waals surface area contributed by atoms with Crippen LogP contribution in [0.4, 0.5) is 0 Å². The van der Waals surface area contributed by atoms with Crippen LogP contribution in [0, 0.1) is 5.92 Å². The van der Waals surface area contributed by atoms with Crippen molar-refractivity contribution in [2.45, 2.75) is 38.8 Å². The van der Waals surface area contributed by atoms with Crippen LogP contribution in [0.5, 0.6) is 0 Å². The molecule has 6 heteroatoms. The molecular weight excluding hydrogens is 280 g/mol. The lowest BCUT2D eigenvalue weighted by Gasteiger charge is -2.27. The van der Waals surface area contributed by atoms with Crippen LogP contribution in [0.25, 0.3) is 0 Å². The first-order valence-corrected chi connectivity index (χ1v) is 7.38. The van der Waals surface area contributed by atoms with Gasteiger partial charge in [0, 0.05) is 26.2 Å². The minimum absolute atomic E-state index is 0. The molecule has 0 aromatic rings. The number of ether oxygens (including phenoxy) is 2. The van der Waals surface area contributed by atoms with Gasteiger partial charge in [-0.05, 0) is 18.8 Å². The van der Waals surface area contributed by atoms with Crippen molar-refractivity contribution < 1.29 is 14.3 Å². The molecule has 2 rings (SSSR count). The Bertz CT molecular complexity index is 296. The molecule has 5 nitrogen and oxygen atoms in total. The van der Waals surface area contributed by atoms with E-state index in [1.54, 1.807) is 0 Å². The van der Waals surface area contributed by atoms with Gasteiger partial charge in [-0.2, -0.15) is 0 Å². The second-order valence-corrected chi connectivity index (χ2v) is 5.83. The van der Waals surface area contributed by atoms with Crippen molar-refractivity contribution in [3.8, 4) is 0 Å². The number of amides is 1. The fourth-order valence-corrected chi connectivity index (χ4v) is 2.48. The summed E-state index contributed by atoms with van der Waals surface area (Å²) in [5, 5.41) is 3.21. The highest BCUT2D eigenvalue weighted by atomic mass is 35.5. The van der Waals surface area contributed by atoms with Crippen LogP contribution in [-0.4, -0.2) is 62.4 Å². The first-order valence-electron chi connectivity index (χ1n) is 7.38. The molecular formula is C14H27ClN2O3. The monoisotopic (exact) mass is 306 g/mol. The summed E-state index contributed by atoms with van der Waals surface area (Å²) in [7, 11) is 0. The van der Waals surface area contributed by atoms with Crippen LogP contribution < -0.4 is 5.32 Å². The Hall–Kier alpha value is -0.360. The van der Waals surface area contributed by atoms with Gasteiger partial charge in [0.1, 0.15) is 6.04 Å². The van der Waals surface area contributed by atoms with Gasteiger partial charge in [0.2, 0.25) is 5.91 Å². The first kappa shape index (κ1) is 17.7. The standard InChI is InChI=1S/C14H26N2O3.ClH/c1-11(2)4-7-19-12-3-6-16(9-12)14(17)13-10-18-8-5-15-13;/h11-13,15H,3-10H2,1-2H3;1H. The van der Waals surface area contributed by atoms with E-state index < -0.39 is 0 Å². The lowest BCUT2D eigenvalue weighted by molar-refractivity contribution is -0.135. The predicted octanol–water partition coefficient (Wildman–Crippen LogP) is 1.06. The Labute approximate surface area is 127 Å². The first-order chi connectivity index (χ1) is 9.16. The van der Waals surface area contributed by atoms with Gasteiger partial charge in [-0.15, -0.1) is 12.4 Å². The highest BCUT2D eigenvalue weighted by molar-refractivity contribution is 5.85. The molecule has 0 aromatic carbocycles. The summed E-state index contributed by atoms with van der Waals surface area (Å²) in [6, 6.07) is -0.164. The van der Waals surface area contributed by atoms with Crippen molar-refractivity contribution in [3.63, 3.8) is 0 Å². The van der Waals surface area contributed by atoms with Crippen molar-refractivity contribution in [2.75, 3.05) is 39.5 Å². The summed E-state index contributed by atoms with van der Waals surface area (Å²) in [6.45, 7) is 8.69. The summed E-state index contributed by atoms with van der Waals surface area (Å²) in [6.07, 6.45) is 2.26. The summed E-state index contributed by atoms with van der Waals surface area (Å²) in [4.78, 5) is 14.2. The highest BCUT2D eigenvalue weighted by Crippen LogP contribution is 2.15. The molecule has 0 bridgehead atoms. The Morgan fingerprint density at radius 3 is 2.95 bits per heavy atom. The van der Waals surface area contributed by atoms with Crippen molar-refractivity contribution in [3.05, 3.63) is 0 Å². The molecule has 2 aliphatic heterocycles. The molecule has 0 spiro atoms. The van der Waals surface area contributed by atoms with E-state index in [2.05, 4.69) is 19.2 Å². The number of nitrogens with zero attached hydrogens (tertiary/aromatic N) is 1. The number of hydrogen-bond acceptors (Lipinski definition) is 4. The Morgan fingerprint density at radius 2 is 2.30 bits per heavy atom. The molecule has 0 radical (unpaired) electrons. The van der Waals surface area contributed by atoms with Crippen LogP contribution in [0.15, 0.2) is 0 Å². The molecule has 2 unspecified atom stereocenters. The number of rotatable bonds is 5. The van der Waals surface area contributed by atoms with Crippen LogP contribution in [0.3, 0.4) is 0 Å². The quantitative estimate of drug-likeness (QED) is 0.825.